The van der Waals surface area contributed by atoms with E-state index in [4.69, 9.17) is 14.2 Å². The Morgan fingerprint density at radius 1 is 1.00 bits per heavy atom. The van der Waals surface area contributed by atoms with Crippen LogP contribution in [-0.4, -0.2) is 22.3 Å². The molecular weight excluding hydrogens is 320 g/mol. The topological polar surface area (TPSA) is 62.6 Å². The van der Waals surface area contributed by atoms with E-state index < -0.39 is 0 Å². The van der Waals surface area contributed by atoms with Gasteiger partial charge < -0.3 is 14.2 Å². The van der Waals surface area contributed by atoms with Crippen LogP contribution in [0.25, 0.3) is 0 Å². The van der Waals surface area contributed by atoms with E-state index >= 15 is 0 Å². The number of para-hydroxylation sites is 1. The predicted octanol–water partition coefficient (Wildman–Crippen LogP) is 2.88. The average Bonchev–Trinajstić information content (AvgIpc) is 3.04. The minimum atomic E-state index is -0.304. The first kappa shape index (κ1) is 15.3. The minimum absolute atomic E-state index is 0.172. The van der Waals surface area contributed by atoms with Gasteiger partial charge in [-0.15, -0.1) is 0 Å². The Kier molecular flexibility index (Phi) is 4.08. The maximum atomic E-state index is 11.2. The number of hydrogen-bond acceptors (Lipinski definition) is 5. The van der Waals surface area contributed by atoms with E-state index in [2.05, 4.69) is 4.98 Å². The van der Waals surface area contributed by atoms with Gasteiger partial charge in [0.05, 0.1) is 6.54 Å². The van der Waals surface area contributed by atoms with Crippen LogP contribution in [0.4, 0.5) is 0 Å². The number of ether oxygens (including phenoxy) is 3. The molecule has 0 bridgehead atoms. The molecule has 0 fully saturated rings. The smallest absolute Gasteiger partial charge is 0.300 e. The fourth-order valence-corrected chi connectivity index (χ4v) is 2.56. The molecule has 126 valence electrons. The van der Waals surface area contributed by atoms with Crippen molar-refractivity contribution in [2.45, 2.75) is 12.6 Å². The Hall–Kier alpha value is -3.28. The summed E-state index contributed by atoms with van der Waals surface area (Å²) in [6.45, 7) is 0.980. The van der Waals surface area contributed by atoms with Crippen molar-refractivity contribution in [2.24, 2.45) is 0 Å². The van der Waals surface area contributed by atoms with Crippen LogP contribution in [0.5, 0.6) is 23.3 Å². The Balaban J connectivity index is 1.33. The maximum Gasteiger partial charge on any atom is 0.300 e. The van der Waals surface area contributed by atoms with Crippen LogP contribution in [0, 0.1) is 0 Å². The van der Waals surface area contributed by atoms with Gasteiger partial charge in [0, 0.05) is 12.3 Å². The van der Waals surface area contributed by atoms with Gasteiger partial charge in [-0.1, -0.05) is 18.2 Å². The second-order valence-electron chi connectivity index (χ2n) is 5.64. The largest absolute Gasteiger partial charge is 0.490 e. The first-order valence-corrected chi connectivity index (χ1v) is 7.96. The molecule has 0 N–H and O–H groups in total. The first-order chi connectivity index (χ1) is 12.3. The molecule has 0 saturated carbocycles. The Labute approximate surface area is 144 Å². The van der Waals surface area contributed by atoms with Crippen LogP contribution in [0.1, 0.15) is 0 Å². The van der Waals surface area contributed by atoms with Gasteiger partial charge in [0.25, 0.3) is 11.6 Å². The zero-order valence-electron chi connectivity index (χ0n) is 13.4. The summed E-state index contributed by atoms with van der Waals surface area (Å²) in [5.74, 6) is 2.25. The van der Waals surface area contributed by atoms with Gasteiger partial charge in [0.2, 0.25) is 0 Å². The van der Waals surface area contributed by atoms with Crippen molar-refractivity contribution >= 4 is 0 Å². The second kappa shape index (κ2) is 6.68. The standard InChI is InChI=1S/C19H16N2O4/c22-18-10-11-21-12-17(25-19(21)20-18)13-23-14-6-8-16(9-7-14)24-15-4-2-1-3-5-15/h1-11,17H,12-13H2. The van der Waals surface area contributed by atoms with Crippen molar-refractivity contribution in [3.63, 3.8) is 0 Å². The summed E-state index contributed by atoms with van der Waals surface area (Å²) in [4.78, 5) is 15.1. The number of nitrogens with zero attached hydrogens (tertiary/aromatic N) is 2. The van der Waals surface area contributed by atoms with Crippen LogP contribution >= 0.6 is 0 Å². The Morgan fingerprint density at radius 3 is 2.52 bits per heavy atom. The van der Waals surface area contributed by atoms with Crippen molar-refractivity contribution < 1.29 is 14.2 Å². The van der Waals surface area contributed by atoms with Crippen molar-refractivity contribution in [3.05, 3.63) is 77.2 Å². The third-order valence-corrected chi connectivity index (χ3v) is 3.76. The molecule has 0 radical (unpaired) electrons. The monoisotopic (exact) mass is 336 g/mol. The maximum absolute atomic E-state index is 11.2. The predicted molar refractivity (Wildman–Crippen MR) is 91.4 cm³/mol. The summed E-state index contributed by atoms with van der Waals surface area (Å²) in [7, 11) is 0. The third kappa shape index (κ3) is 3.63. The zero-order chi connectivity index (χ0) is 17.1. The van der Waals surface area contributed by atoms with Crippen molar-refractivity contribution in [2.75, 3.05) is 6.61 Å². The molecule has 1 aliphatic rings. The molecule has 3 aromatic rings. The third-order valence-electron chi connectivity index (χ3n) is 3.76. The molecule has 0 aliphatic carbocycles. The average molecular weight is 336 g/mol. The highest BCUT2D eigenvalue weighted by Crippen LogP contribution is 2.24. The molecule has 1 atom stereocenters. The highest BCUT2D eigenvalue weighted by atomic mass is 16.6. The Morgan fingerprint density at radius 2 is 1.72 bits per heavy atom. The van der Waals surface area contributed by atoms with Crippen LogP contribution in [0.15, 0.2) is 71.7 Å². The normalized spacial score (nSPS) is 15.3. The lowest BCUT2D eigenvalue weighted by molar-refractivity contribution is 0.143. The fraction of sp³-hybridized carbons (Fsp3) is 0.158. The summed E-state index contributed by atoms with van der Waals surface area (Å²) >= 11 is 0. The molecule has 0 spiro atoms. The van der Waals surface area contributed by atoms with Crippen LogP contribution in [-0.2, 0) is 6.54 Å². The summed E-state index contributed by atoms with van der Waals surface area (Å²) in [6, 6.07) is 18.8. The molecule has 0 saturated heterocycles. The van der Waals surface area contributed by atoms with Gasteiger partial charge in [-0.3, -0.25) is 9.36 Å². The lowest BCUT2D eigenvalue weighted by atomic mass is 10.3. The molecule has 25 heavy (non-hydrogen) atoms. The zero-order valence-corrected chi connectivity index (χ0v) is 13.4. The van der Waals surface area contributed by atoms with E-state index in [1.807, 2.05) is 54.6 Å². The SMILES string of the molecule is O=c1ccn2c(n1)OC(COc1ccc(Oc3ccccc3)cc1)C2. The summed E-state index contributed by atoms with van der Waals surface area (Å²) < 4.78 is 18.9. The van der Waals surface area contributed by atoms with Gasteiger partial charge >= 0.3 is 0 Å². The van der Waals surface area contributed by atoms with Crippen LogP contribution in [0.3, 0.4) is 0 Å². The number of aromatic nitrogens is 2. The summed E-state index contributed by atoms with van der Waals surface area (Å²) in [6.07, 6.45) is 1.51. The molecule has 6 heteroatoms. The van der Waals surface area contributed by atoms with Gasteiger partial charge in [-0.2, -0.15) is 4.98 Å². The van der Waals surface area contributed by atoms with Gasteiger partial charge in [0.15, 0.2) is 6.10 Å². The van der Waals surface area contributed by atoms with Gasteiger partial charge in [0.1, 0.15) is 23.9 Å². The highest BCUT2D eigenvalue weighted by Gasteiger charge is 2.23. The second-order valence-corrected chi connectivity index (χ2v) is 5.64. The van der Waals surface area contributed by atoms with Crippen molar-refractivity contribution in [3.8, 4) is 23.3 Å². The van der Waals surface area contributed by atoms with E-state index in [1.165, 1.54) is 6.07 Å². The quantitative estimate of drug-likeness (QED) is 0.717. The van der Waals surface area contributed by atoms with Gasteiger partial charge in [-0.05, 0) is 36.4 Å². The molecule has 1 unspecified atom stereocenters. The first-order valence-electron chi connectivity index (χ1n) is 7.96. The van der Waals surface area contributed by atoms with E-state index in [0.717, 1.165) is 17.2 Å². The minimum Gasteiger partial charge on any atom is -0.490 e. The number of fused-ring (bicyclic) bond motifs is 1. The van der Waals surface area contributed by atoms with E-state index in [-0.39, 0.29) is 11.7 Å². The van der Waals surface area contributed by atoms with E-state index in [9.17, 15) is 4.79 Å². The number of benzene rings is 2. The van der Waals surface area contributed by atoms with Crippen LogP contribution < -0.4 is 19.8 Å². The number of rotatable bonds is 5. The van der Waals surface area contributed by atoms with Crippen LogP contribution in [0.2, 0.25) is 0 Å². The molecule has 2 aromatic carbocycles. The fourth-order valence-electron chi connectivity index (χ4n) is 2.56. The molecule has 0 amide bonds. The molecular formula is C19H16N2O4. The number of hydrogen-bond donors (Lipinski definition) is 0. The van der Waals surface area contributed by atoms with Crippen molar-refractivity contribution in [1.29, 1.82) is 0 Å². The lowest BCUT2D eigenvalue weighted by Crippen LogP contribution is -2.23. The van der Waals surface area contributed by atoms with Gasteiger partial charge in [-0.25, -0.2) is 0 Å². The highest BCUT2D eigenvalue weighted by molar-refractivity contribution is 5.35. The lowest BCUT2D eigenvalue weighted by Gasteiger charge is -2.11. The molecule has 1 aliphatic heterocycles. The summed E-state index contributed by atoms with van der Waals surface area (Å²) in [5.41, 5.74) is -0.304. The molecule has 6 nitrogen and oxygen atoms in total. The Bertz CT molecular complexity index is 907. The van der Waals surface area contributed by atoms with E-state index in [1.54, 1.807) is 10.8 Å². The van der Waals surface area contributed by atoms with E-state index in [0.29, 0.717) is 19.2 Å². The van der Waals surface area contributed by atoms with Crippen molar-refractivity contribution in [1.82, 2.24) is 9.55 Å². The summed E-state index contributed by atoms with van der Waals surface area (Å²) in [5, 5.41) is 0. The molecule has 2 heterocycles. The molecule has 4 rings (SSSR count). The molecule has 1 aromatic heterocycles.